The summed E-state index contributed by atoms with van der Waals surface area (Å²) in [5.41, 5.74) is 3.21. The normalized spacial score (nSPS) is 18.8. The van der Waals surface area contributed by atoms with E-state index in [9.17, 15) is 4.79 Å². The Labute approximate surface area is 177 Å². The Kier molecular flexibility index (Phi) is 6.39. The molecule has 7 heteroatoms. The Balaban J connectivity index is 1.25. The van der Waals surface area contributed by atoms with E-state index in [4.69, 9.17) is 9.47 Å². The molecule has 158 valence electrons. The number of anilines is 2. The first-order chi connectivity index (χ1) is 14.7. The number of alkyl carbamates (subject to hydrolysis) is 1. The molecule has 2 aromatic rings. The average molecular weight is 409 g/mol. The van der Waals surface area contributed by atoms with Crippen molar-refractivity contribution >= 4 is 17.5 Å². The maximum absolute atomic E-state index is 12.0. The van der Waals surface area contributed by atoms with Gasteiger partial charge in [0.15, 0.2) is 5.88 Å². The fraction of sp³-hybridized carbons (Fsp3) is 0.348. The van der Waals surface area contributed by atoms with E-state index >= 15 is 0 Å². The van der Waals surface area contributed by atoms with Crippen molar-refractivity contribution in [3.63, 3.8) is 0 Å². The lowest BCUT2D eigenvalue weighted by Gasteiger charge is -2.29. The van der Waals surface area contributed by atoms with E-state index in [1.54, 1.807) is 0 Å². The second-order valence-electron chi connectivity index (χ2n) is 7.44. The third-order valence-electron chi connectivity index (χ3n) is 5.32. The van der Waals surface area contributed by atoms with Crippen molar-refractivity contribution in [2.75, 3.05) is 49.1 Å². The van der Waals surface area contributed by atoms with Gasteiger partial charge in [-0.05, 0) is 36.4 Å². The molecule has 7 nitrogen and oxygen atoms in total. The molecule has 0 saturated carbocycles. The zero-order valence-corrected chi connectivity index (χ0v) is 17.0. The summed E-state index contributed by atoms with van der Waals surface area (Å²) >= 11 is 0. The lowest BCUT2D eigenvalue weighted by molar-refractivity contribution is 0.126. The van der Waals surface area contributed by atoms with Gasteiger partial charge in [-0.1, -0.05) is 30.3 Å². The van der Waals surface area contributed by atoms with Gasteiger partial charge in [0.1, 0.15) is 12.7 Å². The highest BCUT2D eigenvalue weighted by atomic mass is 16.6. The average Bonchev–Trinajstić information content (AvgIpc) is 3.18. The van der Waals surface area contributed by atoms with E-state index in [0.717, 1.165) is 37.4 Å². The van der Waals surface area contributed by atoms with E-state index < -0.39 is 6.09 Å². The van der Waals surface area contributed by atoms with Crippen LogP contribution in [0.4, 0.5) is 16.2 Å². The topological polar surface area (TPSA) is 66.1 Å². The van der Waals surface area contributed by atoms with Gasteiger partial charge in [-0.3, -0.25) is 0 Å². The Bertz CT molecular complexity index is 851. The van der Waals surface area contributed by atoms with Crippen LogP contribution in [-0.4, -0.2) is 51.5 Å². The molecular formula is C23H28N4O3. The molecule has 2 heterocycles. The SMILES string of the molecule is C=C1O[C@@H](CNC(=O)OCc2ccccc2)CN1c1ccc(N2CCNCC2)cc1. The fourth-order valence-corrected chi connectivity index (χ4v) is 3.69. The first-order valence-corrected chi connectivity index (χ1v) is 10.3. The molecule has 2 aliphatic rings. The maximum Gasteiger partial charge on any atom is 0.407 e. The van der Waals surface area contributed by atoms with E-state index in [1.807, 2.05) is 35.2 Å². The van der Waals surface area contributed by atoms with Gasteiger partial charge in [-0.25, -0.2) is 4.79 Å². The minimum absolute atomic E-state index is 0.172. The molecule has 0 spiro atoms. The Morgan fingerprint density at radius 3 is 2.53 bits per heavy atom. The predicted octanol–water partition coefficient (Wildman–Crippen LogP) is 2.70. The number of amides is 1. The molecule has 2 aliphatic heterocycles. The van der Waals surface area contributed by atoms with Crippen molar-refractivity contribution in [2.45, 2.75) is 12.7 Å². The third-order valence-corrected chi connectivity index (χ3v) is 5.32. The van der Waals surface area contributed by atoms with E-state index in [-0.39, 0.29) is 12.7 Å². The van der Waals surface area contributed by atoms with Gasteiger partial charge >= 0.3 is 6.09 Å². The van der Waals surface area contributed by atoms with Crippen molar-refractivity contribution in [1.82, 2.24) is 10.6 Å². The molecule has 0 aliphatic carbocycles. The Hall–Kier alpha value is -3.19. The number of carbonyl (C=O) groups excluding carboxylic acids is 1. The van der Waals surface area contributed by atoms with Gasteiger partial charge in [-0.2, -0.15) is 0 Å². The van der Waals surface area contributed by atoms with Gasteiger partial charge in [-0.15, -0.1) is 0 Å². The Morgan fingerprint density at radius 2 is 1.80 bits per heavy atom. The second kappa shape index (κ2) is 9.54. The standard InChI is InChI=1S/C23H28N4O3/c1-18-27(21-9-7-20(8-10-21)26-13-11-24-12-14-26)16-22(30-18)15-25-23(28)29-17-19-5-3-2-4-6-19/h2-10,22,24H,1,11-17H2,(H,25,28)/t22-/m0/s1. The smallest absolute Gasteiger partial charge is 0.407 e. The number of ether oxygens (including phenoxy) is 2. The van der Waals surface area contributed by atoms with Gasteiger partial charge < -0.3 is 29.9 Å². The zero-order valence-electron chi connectivity index (χ0n) is 17.0. The summed E-state index contributed by atoms with van der Waals surface area (Å²) in [6, 6.07) is 18.1. The lowest BCUT2D eigenvalue weighted by atomic mass is 10.2. The first-order valence-electron chi connectivity index (χ1n) is 10.3. The van der Waals surface area contributed by atoms with E-state index in [0.29, 0.717) is 19.0 Å². The van der Waals surface area contributed by atoms with Crippen molar-refractivity contribution in [1.29, 1.82) is 0 Å². The number of hydrogen-bond acceptors (Lipinski definition) is 6. The predicted molar refractivity (Wildman–Crippen MR) is 118 cm³/mol. The fourth-order valence-electron chi connectivity index (χ4n) is 3.69. The monoisotopic (exact) mass is 408 g/mol. The summed E-state index contributed by atoms with van der Waals surface area (Å²) in [5.74, 6) is 0.592. The van der Waals surface area contributed by atoms with Crippen LogP contribution in [0.5, 0.6) is 0 Å². The summed E-state index contributed by atoms with van der Waals surface area (Å²) < 4.78 is 11.1. The number of nitrogens with one attached hydrogen (secondary N) is 2. The van der Waals surface area contributed by atoms with Crippen molar-refractivity contribution in [2.24, 2.45) is 0 Å². The van der Waals surface area contributed by atoms with Crippen LogP contribution in [-0.2, 0) is 16.1 Å². The summed E-state index contributed by atoms with van der Waals surface area (Å²) in [6.45, 7) is 9.33. The molecule has 2 aromatic carbocycles. The van der Waals surface area contributed by atoms with Crippen molar-refractivity contribution in [3.05, 3.63) is 72.6 Å². The van der Waals surface area contributed by atoms with Crippen LogP contribution in [0, 0.1) is 0 Å². The van der Waals surface area contributed by atoms with Gasteiger partial charge in [0.2, 0.25) is 0 Å². The molecule has 30 heavy (non-hydrogen) atoms. The molecule has 0 unspecified atom stereocenters. The second-order valence-corrected chi connectivity index (χ2v) is 7.44. The van der Waals surface area contributed by atoms with E-state index in [2.05, 4.69) is 46.4 Å². The lowest BCUT2D eigenvalue weighted by Crippen LogP contribution is -2.43. The van der Waals surface area contributed by atoms with Crippen LogP contribution in [0.1, 0.15) is 5.56 Å². The minimum atomic E-state index is -0.452. The molecule has 1 atom stereocenters. The Morgan fingerprint density at radius 1 is 1.10 bits per heavy atom. The van der Waals surface area contributed by atoms with Crippen LogP contribution in [0.25, 0.3) is 0 Å². The summed E-state index contributed by atoms with van der Waals surface area (Å²) in [7, 11) is 0. The molecule has 4 rings (SSSR count). The van der Waals surface area contributed by atoms with Gasteiger partial charge in [0, 0.05) is 37.6 Å². The summed E-state index contributed by atoms with van der Waals surface area (Å²) in [4.78, 5) is 16.4. The number of carbonyl (C=O) groups is 1. The van der Waals surface area contributed by atoms with Gasteiger partial charge in [0.05, 0.1) is 13.1 Å². The van der Waals surface area contributed by atoms with Crippen LogP contribution >= 0.6 is 0 Å². The van der Waals surface area contributed by atoms with Crippen LogP contribution in [0.2, 0.25) is 0 Å². The molecule has 1 amide bonds. The van der Waals surface area contributed by atoms with Crippen LogP contribution < -0.4 is 20.4 Å². The summed E-state index contributed by atoms with van der Waals surface area (Å²) in [5, 5.41) is 6.14. The highest BCUT2D eigenvalue weighted by Gasteiger charge is 2.28. The quantitative estimate of drug-likeness (QED) is 0.766. The number of benzene rings is 2. The van der Waals surface area contributed by atoms with Crippen molar-refractivity contribution < 1.29 is 14.3 Å². The molecule has 2 saturated heterocycles. The molecule has 0 radical (unpaired) electrons. The summed E-state index contributed by atoms with van der Waals surface area (Å²) in [6.07, 6.45) is -0.624. The van der Waals surface area contributed by atoms with Gasteiger partial charge in [0.25, 0.3) is 0 Å². The van der Waals surface area contributed by atoms with E-state index in [1.165, 1.54) is 5.69 Å². The molecule has 0 aromatic heterocycles. The number of nitrogens with zero attached hydrogens (tertiary/aromatic N) is 2. The number of piperazine rings is 1. The highest BCUT2D eigenvalue weighted by molar-refractivity contribution is 5.67. The van der Waals surface area contributed by atoms with Crippen molar-refractivity contribution in [3.8, 4) is 0 Å². The molecule has 2 fully saturated rings. The molecule has 0 bridgehead atoms. The number of hydrogen-bond donors (Lipinski definition) is 2. The largest absolute Gasteiger partial charge is 0.472 e. The molecular weight excluding hydrogens is 380 g/mol. The minimum Gasteiger partial charge on any atom is -0.472 e. The zero-order chi connectivity index (χ0) is 20.8. The maximum atomic E-state index is 12.0. The first kappa shape index (κ1) is 20.1. The highest BCUT2D eigenvalue weighted by Crippen LogP contribution is 2.28. The van der Waals surface area contributed by atoms with Crippen LogP contribution in [0.15, 0.2) is 67.1 Å². The third kappa shape index (κ3) is 5.04. The number of rotatable bonds is 6. The molecule has 2 N–H and O–H groups in total. The van der Waals surface area contributed by atoms with Crippen LogP contribution in [0.3, 0.4) is 0 Å².